The molecule has 1 aliphatic rings. The molecule has 1 aliphatic heterocycles. The van der Waals surface area contributed by atoms with E-state index in [9.17, 15) is 14.0 Å². The van der Waals surface area contributed by atoms with Crippen LogP contribution < -0.4 is 0 Å². The SMILES string of the molecule is CC(OC(=O)c1cc(Br)ccc1F)C(=O)N1CCOCC1. The molecule has 1 amide bonds. The van der Waals surface area contributed by atoms with Crippen molar-refractivity contribution in [3.8, 4) is 0 Å². The van der Waals surface area contributed by atoms with Gasteiger partial charge in [-0.2, -0.15) is 0 Å². The van der Waals surface area contributed by atoms with E-state index in [1.165, 1.54) is 19.1 Å². The van der Waals surface area contributed by atoms with E-state index in [1.54, 1.807) is 4.90 Å². The first-order chi connectivity index (χ1) is 9.99. The Kier molecular flexibility index (Phi) is 5.30. The second kappa shape index (κ2) is 7.00. The van der Waals surface area contributed by atoms with Gasteiger partial charge in [-0.3, -0.25) is 4.79 Å². The molecule has 0 spiro atoms. The van der Waals surface area contributed by atoms with Crippen molar-refractivity contribution in [3.05, 3.63) is 34.1 Å². The van der Waals surface area contributed by atoms with E-state index < -0.39 is 17.9 Å². The molecule has 1 saturated heterocycles. The van der Waals surface area contributed by atoms with Crippen molar-refractivity contribution >= 4 is 27.8 Å². The zero-order valence-corrected chi connectivity index (χ0v) is 13.1. The van der Waals surface area contributed by atoms with E-state index in [1.807, 2.05) is 0 Å². The summed E-state index contributed by atoms with van der Waals surface area (Å²) in [6, 6.07) is 3.97. The first-order valence-corrected chi connectivity index (χ1v) is 7.31. The molecule has 1 atom stereocenters. The highest BCUT2D eigenvalue weighted by molar-refractivity contribution is 9.10. The molecule has 1 heterocycles. The number of rotatable bonds is 3. The van der Waals surface area contributed by atoms with Gasteiger partial charge in [-0.1, -0.05) is 15.9 Å². The van der Waals surface area contributed by atoms with Crippen LogP contribution in [0.5, 0.6) is 0 Å². The maximum absolute atomic E-state index is 13.6. The average molecular weight is 360 g/mol. The molecule has 1 aromatic carbocycles. The molecule has 0 aliphatic carbocycles. The fourth-order valence-corrected chi connectivity index (χ4v) is 2.33. The second-order valence-corrected chi connectivity index (χ2v) is 5.53. The van der Waals surface area contributed by atoms with Gasteiger partial charge in [-0.05, 0) is 25.1 Å². The summed E-state index contributed by atoms with van der Waals surface area (Å²) >= 11 is 3.16. The first-order valence-electron chi connectivity index (χ1n) is 6.51. The van der Waals surface area contributed by atoms with E-state index in [0.717, 1.165) is 6.07 Å². The van der Waals surface area contributed by atoms with Crippen molar-refractivity contribution in [3.63, 3.8) is 0 Å². The Hall–Kier alpha value is -1.47. The van der Waals surface area contributed by atoms with Crippen LogP contribution in [0.4, 0.5) is 4.39 Å². The van der Waals surface area contributed by atoms with E-state index >= 15 is 0 Å². The van der Waals surface area contributed by atoms with Gasteiger partial charge < -0.3 is 14.4 Å². The van der Waals surface area contributed by atoms with Gasteiger partial charge in [0, 0.05) is 17.6 Å². The number of halogens is 2. The van der Waals surface area contributed by atoms with Crippen molar-refractivity contribution in [2.24, 2.45) is 0 Å². The van der Waals surface area contributed by atoms with E-state index in [4.69, 9.17) is 9.47 Å². The highest BCUT2D eigenvalue weighted by atomic mass is 79.9. The van der Waals surface area contributed by atoms with Crippen LogP contribution in [0.3, 0.4) is 0 Å². The highest BCUT2D eigenvalue weighted by Crippen LogP contribution is 2.17. The summed E-state index contributed by atoms with van der Waals surface area (Å²) in [5.41, 5.74) is -0.203. The van der Waals surface area contributed by atoms with E-state index in [2.05, 4.69) is 15.9 Å². The van der Waals surface area contributed by atoms with Crippen LogP contribution in [0.1, 0.15) is 17.3 Å². The number of carbonyl (C=O) groups is 2. The van der Waals surface area contributed by atoms with Crippen LogP contribution in [-0.4, -0.2) is 49.2 Å². The van der Waals surface area contributed by atoms with Crippen LogP contribution in [-0.2, 0) is 14.3 Å². The van der Waals surface area contributed by atoms with Crippen molar-refractivity contribution in [1.29, 1.82) is 0 Å². The molecule has 114 valence electrons. The van der Waals surface area contributed by atoms with Gasteiger partial charge in [0.15, 0.2) is 6.10 Å². The second-order valence-electron chi connectivity index (χ2n) is 4.61. The topological polar surface area (TPSA) is 55.8 Å². The van der Waals surface area contributed by atoms with Crippen molar-refractivity contribution in [1.82, 2.24) is 4.90 Å². The summed E-state index contributed by atoms with van der Waals surface area (Å²) in [6.45, 7) is 3.34. The lowest BCUT2D eigenvalue weighted by Gasteiger charge is -2.28. The minimum atomic E-state index is -0.964. The third-order valence-corrected chi connectivity index (χ3v) is 3.60. The Balaban J connectivity index is 2.01. The molecule has 0 aromatic heterocycles. The zero-order chi connectivity index (χ0) is 15.4. The third-order valence-electron chi connectivity index (χ3n) is 3.10. The lowest BCUT2D eigenvalue weighted by atomic mass is 10.2. The van der Waals surface area contributed by atoms with Crippen molar-refractivity contribution in [2.45, 2.75) is 13.0 Å². The molecule has 0 N–H and O–H groups in total. The zero-order valence-electron chi connectivity index (χ0n) is 11.5. The predicted molar refractivity (Wildman–Crippen MR) is 76.4 cm³/mol. The van der Waals surface area contributed by atoms with Gasteiger partial charge in [0.25, 0.3) is 5.91 Å². The minimum Gasteiger partial charge on any atom is -0.449 e. The maximum Gasteiger partial charge on any atom is 0.341 e. The van der Waals surface area contributed by atoms with Gasteiger partial charge in [-0.15, -0.1) is 0 Å². The Bertz CT molecular complexity index is 546. The minimum absolute atomic E-state index is 0.203. The van der Waals surface area contributed by atoms with Gasteiger partial charge in [0.2, 0.25) is 0 Å². The smallest absolute Gasteiger partial charge is 0.341 e. The molecule has 21 heavy (non-hydrogen) atoms. The Morgan fingerprint density at radius 1 is 1.38 bits per heavy atom. The molecular formula is C14H15BrFNO4. The third kappa shape index (κ3) is 4.01. The molecule has 0 radical (unpaired) electrons. The lowest BCUT2D eigenvalue weighted by molar-refractivity contribution is -0.143. The number of nitrogens with zero attached hydrogens (tertiary/aromatic N) is 1. The van der Waals surface area contributed by atoms with Crippen LogP contribution in [0.15, 0.2) is 22.7 Å². The van der Waals surface area contributed by atoms with Crippen LogP contribution in [0, 0.1) is 5.82 Å². The predicted octanol–water partition coefficient (Wildman–Crippen LogP) is 1.99. The van der Waals surface area contributed by atoms with Gasteiger partial charge in [-0.25, -0.2) is 9.18 Å². The Morgan fingerprint density at radius 2 is 2.05 bits per heavy atom. The van der Waals surface area contributed by atoms with Crippen LogP contribution in [0.25, 0.3) is 0 Å². The van der Waals surface area contributed by atoms with E-state index in [0.29, 0.717) is 30.8 Å². The van der Waals surface area contributed by atoms with Crippen molar-refractivity contribution in [2.75, 3.05) is 26.3 Å². The lowest BCUT2D eigenvalue weighted by Crippen LogP contribution is -2.46. The van der Waals surface area contributed by atoms with E-state index in [-0.39, 0.29) is 11.5 Å². The van der Waals surface area contributed by atoms with Crippen molar-refractivity contribution < 1.29 is 23.5 Å². The van der Waals surface area contributed by atoms with Crippen LogP contribution in [0.2, 0.25) is 0 Å². The molecule has 0 bridgehead atoms. The molecule has 0 saturated carbocycles. The summed E-state index contributed by atoms with van der Waals surface area (Å²) in [7, 11) is 0. The number of hydrogen-bond donors (Lipinski definition) is 0. The fourth-order valence-electron chi connectivity index (χ4n) is 1.97. The molecule has 2 rings (SSSR count). The number of carbonyl (C=O) groups excluding carboxylic acids is 2. The normalized spacial score (nSPS) is 16.4. The summed E-state index contributed by atoms with van der Waals surface area (Å²) in [5.74, 6) is -1.85. The molecule has 1 aromatic rings. The molecular weight excluding hydrogens is 345 g/mol. The average Bonchev–Trinajstić information content (AvgIpc) is 2.49. The highest BCUT2D eigenvalue weighted by Gasteiger charge is 2.26. The monoisotopic (exact) mass is 359 g/mol. The Labute approximate surface area is 130 Å². The maximum atomic E-state index is 13.6. The van der Waals surface area contributed by atoms with Gasteiger partial charge in [0.1, 0.15) is 5.82 Å². The fraction of sp³-hybridized carbons (Fsp3) is 0.429. The standard InChI is InChI=1S/C14H15BrFNO4/c1-9(13(18)17-4-6-20-7-5-17)21-14(19)11-8-10(15)2-3-12(11)16/h2-3,8-9H,4-7H2,1H3. The number of morpholine rings is 1. The summed E-state index contributed by atoms with van der Waals surface area (Å²) in [5, 5.41) is 0. The molecule has 7 heteroatoms. The summed E-state index contributed by atoms with van der Waals surface area (Å²) in [6.07, 6.45) is -0.964. The van der Waals surface area contributed by atoms with Gasteiger partial charge in [0.05, 0.1) is 18.8 Å². The quantitative estimate of drug-likeness (QED) is 0.774. The largest absolute Gasteiger partial charge is 0.449 e. The number of amides is 1. The number of hydrogen-bond acceptors (Lipinski definition) is 4. The molecule has 1 unspecified atom stereocenters. The van der Waals surface area contributed by atoms with Gasteiger partial charge >= 0.3 is 5.97 Å². The number of benzene rings is 1. The summed E-state index contributed by atoms with van der Waals surface area (Å²) < 4.78 is 24.4. The summed E-state index contributed by atoms with van der Waals surface area (Å²) in [4.78, 5) is 25.6. The first kappa shape index (κ1) is 15.9. The molecule has 5 nitrogen and oxygen atoms in total. The molecule has 1 fully saturated rings. The Morgan fingerprint density at radius 3 is 2.71 bits per heavy atom. The number of ether oxygens (including phenoxy) is 2. The van der Waals surface area contributed by atoms with Crippen LogP contribution >= 0.6 is 15.9 Å². The number of esters is 1.